The number of hydrogen-bond donors (Lipinski definition) is 0. The molecule has 172 valence electrons. The maximum absolute atomic E-state index is 13.6. The molecule has 0 radical (unpaired) electrons. The fourth-order valence-electron chi connectivity index (χ4n) is 5.02. The topological polar surface area (TPSA) is 35.5 Å². The summed E-state index contributed by atoms with van der Waals surface area (Å²) in [6.07, 6.45) is 6.77. The van der Waals surface area contributed by atoms with Gasteiger partial charge in [0.15, 0.2) is 0 Å². The summed E-state index contributed by atoms with van der Waals surface area (Å²) in [6.45, 7) is 9.43. The highest BCUT2D eigenvalue weighted by atomic mass is 19.1. The number of halogens is 1. The molecule has 5 rings (SSSR count). The number of aryl methyl sites for hydroxylation is 1. The van der Waals surface area contributed by atoms with E-state index in [1.165, 1.54) is 17.7 Å². The second-order valence-corrected chi connectivity index (χ2v) is 9.14. The fourth-order valence-corrected chi connectivity index (χ4v) is 5.02. The van der Waals surface area contributed by atoms with Gasteiger partial charge in [0.1, 0.15) is 5.82 Å². The van der Waals surface area contributed by atoms with Gasteiger partial charge in [-0.2, -0.15) is 0 Å². The first kappa shape index (κ1) is 22.0. The van der Waals surface area contributed by atoms with Crippen molar-refractivity contribution in [1.82, 2.24) is 19.8 Å². The Bertz CT molecular complexity index is 1100. The van der Waals surface area contributed by atoms with E-state index in [1.807, 2.05) is 6.92 Å². The first-order valence-corrected chi connectivity index (χ1v) is 12.0. The molecule has 2 aliphatic heterocycles. The van der Waals surface area contributed by atoms with Gasteiger partial charge in [0.25, 0.3) is 0 Å². The Morgan fingerprint density at radius 3 is 2.45 bits per heavy atom. The smallest absolute Gasteiger partial charge is 0.226 e. The van der Waals surface area contributed by atoms with Crippen LogP contribution < -0.4 is 4.90 Å². The number of fused-ring (bicyclic) bond motifs is 1. The highest BCUT2D eigenvalue weighted by Gasteiger charge is 2.28. The average Bonchev–Trinajstić information content (AvgIpc) is 2.86. The predicted molar refractivity (Wildman–Crippen MR) is 133 cm³/mol. The molecule has 33 heavy (non-hydrogen) atoms. The van der Waals surface area contributed by atoms with E-state index in [9.17, 15) is 4.39 Å². The van der Waals surface area contributed by atoms with E-state index < -0.39 is 0 Å². The summed E-state index contributed by atoms with van der Waals surface area (Å²) in [7, 11) is 0. The first-order chi connectivity index (χ1) is 16.2. The number of anilines is 1. The Labute approximate surface area is 195 Å². The zero-order valence-corrected chi connectivity index (χ0v) is 19.3. The van der Waals surface area contributed by atoms with Crippen LogP contribution in [0.2, 0.25) is 0 Å². The Hall–Kier alpha value is -2.83. The number of hydrogen-bond acceptors (Lipinski definition) is 5. The molecular formula is C27H32FN5. The van der Waals surface area contributed by atoms with Gasteiger partial charge in [0.2, 0.25) is 5.95 Å². The van der Waals surface area contributed by atoms with E-state index in [0.717, 1.165) is 81.2 Å². The lowest BCUT2D eigenvalue weighted by atomic mass is 10.0. The summed E-state index contributed by atoms with van der Waals surface area (Å²) in [5, 5.41) is 0.796. The minimum absolute atomic E-state index is 0.241. The van der Waals surface area contributed by atoms with Crippen molar-refractivity contribution in [2.45, 2.75) is 25.8 Å². The third-order valence-electron chi connectivity index (χ3n) is 6.98. The number of aromatic nitrogens is 2. The monoisotopic (exact) mass is 445 g/mol. The van der Waals surface area contributed by atoms with Crippen LogP contribution in [-0.2, 0) is 0 Å². The van der Waals surface area contributed by atoms with Gasteiger partial charge >= 0.3 is 0 Å². The maximum atomic E-state index is 13.6. The molecule has 3 aromatic rings. The highest BCUT2D eigenvalue weighted by molar-refractivity contribution is 5.81. The molecule has 2 aliphatic rings. The van der Waals surface area contributed by atoms with Crippen molar-refractivity contribution in [3.63, 3.8) is 0 Å². The summed E-state index contributed by atoms with van der Waals surface area (Å²) in [6, 6.07) is 15.9. The van der Waals surface area contributed by atoms with Gasteiger partial charge in [-0.1, -0.05) is 42.5 Å². The molecule has 0 spiro atoms. The third kappa shape index (κ3) is 5.23. The SMILES string of the molecule is Cc1nc(N2CCC(N3CCN(C/C=C/c4ccccc4)CC3)CC2)nc2ccc(F)cc12. The van der Waals surface area contributed by atoms with Crippen molar-refractivity contribution in [1.29, 1.82) is 0 Å². The molecule has 0 unspecified atom stereocenters. The number of piperazine rings is 1. The van der Waals surface area contributed by atoms with Crippen molar-refractivity contribution in [2.24, 2.45) is 0 Å². The highest BCUT2D eigenvalue weighted by Crippen LogP contribution is 2.24. The lowest BCUT2D eigenvalue weighted by Crippen LogP contribution is -2.53. The van der Waals surface area contributed by atoms with Crippen molar-refractivity contribution < 1.29 is 4.39 Å². The summed E-state index contributed by atoms with van der Waals surface area (Å²) in [5.74, 6) is 0.537. The maximum Gasteiger partial charge on any atom is 0.226 e. The zero-order valence-electron chi connectivity index (χ0n) is 19.3. The lowest BCUT2D eigenvalue weighted by molar-refractivity contribution is 0.0910. The summed E-state index contributed by atoms with van der Waals surface area (Å²) in [4.78, 5) is 16.9. The van der Waals surface area contributed by atoms with Crippen LogP contribution in [0.25, 0.3) is 17.0 Å². The van der Waals surface area contributed by atoms with E-state index in [0.29, 0.717) is 6.04 Å². The van der Waals surface area contributed by atoms with Crippen LogP contribution >= 0.6 is 0 Å². The third-order valence-corrected chi connectivity index (χ3v) is 6.98. The molecule has 0 aliphatic carbocycles. The normalized spacial score (nSPS) is 19.0. The second-order valence-electron chi connectivity index (χ2n) is 9.14. The molecule has 2 saturated heterocycles. The first-order valence-electron chi connectivity index (χ1n) is 12.0. The molecule has 6 heteroatoms. The van der Waals surface area contributed by atoms with Crippen LogP contribution in [0.15, 0.2) is 54.6 Å². The van der Waals surface area contributed by atoms with E-state index in [2.05, 4.69) is 62.2 Å². The van der Waals surface area contributed by atoms with Gasteiger partial charge in [0, 0.05) is 57.2 Å². The van der Waals surface area contributed by atoms with Gasteiger partial charge in [-0.05, 0) is 43.5 Å². The Balaban J connectivity index is 1.11. The van der Waals surface area contributed by atoms with Crippen LogP contribution in [-0.4, -0.2) is 71.6 Å². The molecule has 1 aromatic heterocycles. The molecule has 3 heterocycles. The van der Waals surface area contributed by atoms with Crippen molar-refractivity contribution in [3.05, 3.63) is 71.7 Å². The molecule has 2 aromatic carbocycles. The van der Waals surface area contributed by atoms with Gasteiger partial charge in [-0.25, -0.2) is 14.4 Å². The fraction of sp³-hybridized carbons (Fsp3) is 0.407. The van der Waals surface area contributed by atoms with Crippen LogP contribution in [0, 0.1) is 12.7 Å². The minimum Gasteiger partial charge on any atom is -0.341 e. The van der Waals surface area contributed by atoms with Gasteiger partial charge < -0.3 is 4.90 Å². The number of piperidine rings is 1. The quantitative estimate of drug-likeness (QED) is 0.583. The van der Waals surface area contributed by atoms with E-state index >= 15 is 0 Å². The number of rotatable bonds is 5. The van der Waals surface area contributed by atoms with Gasteiger partial charge in [-0.15, -0.1) is 0 Å². The summed E-state index contributed by atoms with van der Waals surface area (Å²) < 4.78 is 13.6. The number of nitrogens with zero attached hydrogens (tertiary/aromatic N) is 5. The molecule has 0 bridgehead atoms. The predicted octanol–water partition coefficient (Wildman–Crippen LogP) is 4.38. The Morgan fingerprint density at radius 2 is 1.70 bits per heavy atom. The molecule has 0 amide bonds. The van der Waals surface area contributed by atoms with Gasteiger partial charge in [-0.3, -0.25) is 9.80 Å². The van der Waals surface area contributed by atoms with Crippen LogP contribution in [0.1, 0.15) is 24.1 Å². The zero-order chi connectivity index (χ0) is 22.6. The van der Waals surface area contributed by atoms with Crippen molar-refractivity contribution in [3.8, 4) is 0 Å². The summed E-state index contributed by atoms with van der Waals surface area (Å²) >= 11 is 0. The van der Waals surface area contributed by atoms with Crippen molar-refractivity contribution in [2.75, 3.05) is 50.7 Å². The van der Waals surface area contributed by atoms with E-state index in [4.69, 9.17) is 4.98 Å². The molecule has 5 nitrogen and oxygen atoms in total. The molecular weight excluding hydrogens is 413 g/mol. The van der Waals surface area contributed by atoms with Crippen LogP contribution in [0.3, 0.4) is 0 Å². The van der Waals surface area contributed by atoms with Crippen molar-refractivity contribution >= 4 is 22.9 Å². The molecule has 2 fully saturated rings. The standard InChI is InChI=1S/C27H32FN5/c1-21-25-20-23(28)9-10-26(25)30-27(29-21)33-14-11-24(12-15-33)32-18-16-31(17-19-32)13-5-8-22-6-3-2-4-7-22/h2-10,20,24H,11-19H2,1H3/b8-5+. The van der Waals surface area contributed by atoms with Crippen LogP contribution in [0.5, 0.6) is 0 Å². The Kier molecular flexibility index (Phi) is 6.65. The van der Waals surface area contributed by atoms with Crippen LogP contribution in [0.4, 0.5) is 10.3 Å². The largest absolute Gasteiger partial charge is 0.341 e. The minimum atomic E-state index is -0.241. The summed E-state index contributed by atoms with van der Waals surface area (Å²) in [5.41, 5.74) is 2.92. The molecule has 0 saturated carbocycles. The van der Waals surface area contributed by atoms with E-state index in [-0.39, 0.29) is 5.82 Å². The Morgan fingerprint density at radius 1 is 0.939 bits per heavy atom. The molecule has 0 atom stereocenters. The van der Waals surface area contributed by atoms with E-state index in [1.54, 1.807) is 6.07 Å². The van der Waals surface area contributed by atoms with Gasteiger partial charge in [0.05, 0.1) is 11.2 Å². The number of benzene rings is 2. The molecule has 0 N–H and O–H groups in total. The lowest BCUT2D eigenvalue weighted by Gasteiger charge is -2.42. The second kappa shape index (κ2) is 9.98. The average molecular weight is 446 g/mol.